The number of piperazine rings is 1. The number of carbonyl (C=O) groups is 2. The molecule has 1 aromatic rings. The normalized spacial score (nSPS) is 19.9. The standard InChI is InChI=1S/C11H14N4O2/c1-2-9-10(17)12-3-4-15(9)11-13-5-8(7-16)6-14-11/h5-7,9H,2-4H2,1H3,(H,12,17). The quantitative estimate of drug-likeness (QED) is 0.745. The lowest BCUT2D eigenvalue weighted by Crippen LogP contribution is -2.55. The Morgan fingerprint density at radius 3 is 2.82 bits per heavy atom. The van der Waals surface area contributed by atoms with Crippen LogP contribution in [0.3, 0.4) is 0 Å². The summed E-state index contributed by atoms with van der Waals surface area (Å²) < 4.78 is 0. The van der Waals surface area contributed by atoms with Gasteiger partial charge in [-0.3, -0.25) is 9.59 Å². The largest absolute Gasteiger partial charge is 0.353 e. The van der Waals surface area contributed by atoms with Gasteiger partial charge in [-0.25, -0.2) is 9.97 Å². The van der Waals surface area contributed by atoms with Crippen LogP contribution in [0.25, 0.3) is 0 Å². The highest BCUT2D eigenvalue weighted by Crippen LogP contribution is 2.15. The Hall–Kier alpha value is -1.98. The fourth-order valence-corrected chi connectivity index (χ4v) is 1.90. The van der Waals surface area contributed by atoms with Gasteiger partial charge in [0.2, 0.25) is 11.9 Å². The van der Waals surface area contributed by atoms with Gasteiger partial charge < -0.3 is 10.2 Å². The molecule has 0 aliphatic carbocycles. The number of hydrogen-bond donors (Lipinski definition) is 1. The number of amides is 1. The molecule has 1 aromatic heterocycles. The molecule has 2 rings (SSSR count). The van der Waals surface area contributed by atoms with Gasteiger partial charge in [0.15, 0.2) is 6.29 Å². The third-order valence-corrected chi connectivity index (χ3v) is 2.77. The molecule has 6 nitrogen and oxygen atoms in total. The van der Waals surface area contributed by atoms with Crippen molar-refractivity contribution in [2.24, 2.45) is 0 Å². The first-order valence-corrected chi connectivity index (χ1v) is 5.58. The molecule has 1 fully saturated rings. The van der Waals surface area contributed by atoms with E-state index in [1.807, 2.05) is 11.8 Å². The summed E-state index contributed by atoms with van der Waals surface area (Å²) in [6.45, 7) is 3.22. The van der Waals surface area contributed by atoms with Crippen LogP contribution in [0.2, 0.25) is 0 Å². The Morgan fingerprint density at radius 1 is 1.53 bits per heavy atom. The first-order valence-electron chi connectivity index (χ1n) is 5.58. The van der Waals surface area contributed by atoms with E-state index in [0.29, 0.717) is 37.3 Å². The van der Waals surface area contributed by atoms with Gasteiger partial charge in [0.25, 0.3) is 0 Å². The van der Waals surface area contributed by atoms with E-state index in [0.717, 1.165) is 0 Å². The van der Waals surface area contributed by atoms with Gasteiger partial charge in [0, 0.05) is 25.5 Å². The second kappa shape index (κ2) is 4.90. The molecule has 1 aliphatic heterocycles. The summed E-state index contributed by atoms with van der Waals surface area (Å²) in [5.41, 5.74) is 0.434. The van der Waals surface area contributed by atoms with Gasteiger partial charge in [-0.15, -0.1) is 0 Å². The van der Waals surface area contributed by atoms with Gasteiger partial charge in [-0.1, -0.05) is 6.92 Å². The molecule has 2 heterocycles. The molecule has 1 aliphatic rings. The zero-order valence-corrected chi connectivity index (χ0v) is 9.59. The fourth-order valence-electron chi connectivity index (χ4n) is 1.90. The third kappa shape index (κ3) is 2.25. The van der Waals surface area contributed by atoms with E-state index >= 15 is 0 Å². The predicted molar refractivity (Wildman–Crippen MR) is 61.9 cm³/mol. The van der Waals surface area contributed by atoms with Crippen LogP contribution in [0.5, 0.6) is 0 Å². The molecule has 1 N–H and O–H groups in total. The first kappa shape index (κ1) is 11.5. The van der Waals surface area contributed by atoms with E-state index in [1.54, 1.807) is 0 Å². The Labute approximate surface area is 99.1 Å². The van der Waals surface area contributed by atoms with Crippen LogP contribution in [-0.2, 0) is 4.79 Å². The summed E-state index contributed by atoms with van der Waals surface area (Å²) in [6, 6.07) is -0.231. The second-order valence-corrected chi connectivity index (χ2v) is 3.84. The fraction of sp³-hybridized carbons (Fsp3) is 0.455. The Morgan fingerprint density at radius 2 is 2.24 bits per heavy atom. The van der Waals surface area contributed by atoms with Crippen LogP contribution in [0.1, 0.15) is 23.7 Å². The Bertz CT molecular complexity index is 418. The van der Waals surface area contributed by atoms with E-state index in [1.165, 1.54) is 12.4 Å². The molecule has 1 saturated heterocycles. The smallest absolute Gasteiger partial charge is 0.242 e. The van der Waals surface area contributed by atoms with Crippen LogP contribution in [0, 0.1) is 0 Å². The molecule has 17 heavy (non-hydrogen) atoms. The second-order valence-electron chi connectivity index (χ2n) is 3.84. The minimum atomic E-state index is -0.231. The lowest BCUT2D eigenvalue weighted by atomic mass is 10.1. The van der Waals surface area contributed by atoms with Gasteiger partial charge in [-0.05, 0) is 6.42 Å². The number of hydrogen-bond acceptors (Lipinski definition) is 5. The van der Waals surface area contributed by atoms with E-state index in [4.69, 9.17) is 0 Å². The third-order valence-electron chi connectivity index (χ3n) is 2.77. The highest BCUT2D eigenvalue weighted by molar-refractivity contribution is 5.85. The lowest BCUT2D eigenvalue weighted by molar-refractivity contribution is -0.123. The van der Waals surface area contributed by atoms with Crippen molar-refractivity contribution in [1.29, 1.82) is 0 Å². The van der Waals surface area contributed by atoms with Gasteiger partial charge >= 0.3 is 0 Å². The minimum absolute atomic E-state index is 0.00168. The topological polar surface area (TPSA) is 75.2 Å². The van der Waals surface area contributed by atoms with Crippen molar-refractivity contribution in [1.82, 2.24) is 15.3 Å². The number of aromatic nitrogens is 2. The average Bonchev–Trinajstić information content (AvgIpc) is 2.38. The molecular formula is C11H14N4O2. The van der Waals surface area contributed by atoms with E-state index in [2.05, 4.69) is 15.3 Å². The maximum absolute atomic E-state index is 11.7. The van der Waals surface area contributed by atoms with Crippen molar-refractivity contribution in [3.05, 3.63) is 18.0 Å². The highest BCUT2D eigenvalue weighted by atomic mass is 16.2. The first-order chi connectivity index (χ1) is 8.26. The molecule has 0 saturated carbocycles. The maximum Gasteiger partial charge on any atom is 0.242 e. The van der Waals surface area contributed by atoms with Gasteiger partial charge in [0.1, 0.15) is 6.04 Å². The van der Waals surface area contributed by atoms with Crippen LogP contribution in [0.4, 0.5) is 5.95 Å². The Kier molecular flexibility index (Phi) is 3.32. The molecule has 0 aromatic carbocycles. The van der Waals surface area contributed by atoms with Crippen molar-refractivity contribution in [2.45, 2.75) is 19.4 Å². The molecule has 1 unspecified atom stereocenters. The number of nitrogens with zero attached hydrogens (tertiary/aromatic N) is 3. The number of anilines is 1. The summed E-state index contributed by atoms with van der Waals surface area (Å²) in [6.07, 6.45) is 4.33. The minimum Gasteiger partial charge on any atom is -0.353 e. The van der Waals surface area contributed by atoms with E-state index in [-0.39, 0.29) is 11.9 Å². The van der Waals surface area contributed by atoms with Gasteiger partial charge in [0.05, 0.1) is 5.56 Å². The summed E-state index contributed by atoms with van der Waals surface area (Å²) in [5.74, 6) is 0.499. The van der Waals surface area contributed by atoms with Crippen LogP contribution in [0.15, 0.2) is 12.4 Å². The SMILES string of the molecule is CCC1C(=O)NCCN1c1ncc(C=O)cn1. The zero-order chi connectivity index (χ0) is 12.3. The van der Waals surface area contributed by atoms with Gasteiger partial charge in [-0.2, -0.15) is 0 Å². The summed E-state index contributed by atoms with van der Waals surface area (Å²) in [4.78, 5) is 32.3. The molecule has 0 bridgehead atoms. The molecule has 0 spiro atoms. The highest BCUT2D eigenvalue weighted by Gasteiger charge is 2.29. The van der Waals surface area contributed by atoms with Crippen molar-refractivity contribution >= 4 is 18.1 Å². The number of rotatable bonds is 3. The summed E-state index contributed by atoms with van der Waals surface area (Å²) >= 11 is 0. The van der Waals surface area contributed by atoms with Crippen molar-refractivity contribution < 1.29 is 9.59 Å². The number of aldehydes is 1. The van der Waals surface area contributed by atoms with Crippen LogP contribution in [-0.4, -0.2) is 41.3 Å². The Balaban J connectivity index is 2.24. The maximum atomic E-state index is 11.7. The zero-order valence-electron chi connectivity index (χ0n) is 9.59. The number of nitrogens with one attached hydrogen (secondary N) is 1. The average molecular weight is 234 g/mol. The molecule has 1 atom stereocenters. The molecule has 6 heteroatoms. The molecular weight excluding hydrogens is 220 g/mol. The summed E-state index contributed by atoms with van der Waals surface area (Å²) in [5, 5.41) is 2.81. The van der Waals surface area contributed by atoms with Crippen molar-refractivity contribution in [2.75, 3.05) is 18.0 Å². The van der Waals surface area contributed by atoms with Crippen LogP contribution >= 0.6 is 0 Å². The molecule has 1 amide bonds. The van der Waals surface area contributed by atoms with Crippen LogP contribution < -0.4 is 10.2 Å². The molecule has 90 valence electrons. The van der Waals surface area contributed by atoms with Crippen molar-refractivity contribution in [3.63, 3.8) is 0 Å². The van der Waals surface area contributed by atoms with Crippen molar-refractivity contribution in [3.8, 4) is 0 Å². The predicted octanol–water partition coefficient (Wildman–Crippen LogP) is 0.00390. The summed E-state index contributed by atoms with van der Waals surface area (Å²) in [7, 11) is 0. The monoisotopic (exact) mass is 234 g/mol. The van der Waals surface area contributed by atoms with E-state index < -0.39 is 0 Å². The van der Waals surface area contributed by atoms with E-state index in [9.17, 15) is 9.59 Å². The lowest BCUT2D eigenvalue weighted by Gasteiger charge is -2.34. The number of carbonyl (C=O) groups excluding carboxylic acids is 2. The molecule has 0 radical (unpaired) electrons.